The monoisotopic (exact) mass is 202 g/mol. The number of hydrogen-bond acceptors (Lipinski definition) is 2. The van der Waals surface area contributed by atoms with Crippen molar-refractivity contribution >= 4 is 12.0 Å². The molecule has 0 saturated heterocycles. The van der Waals surface area contributed by atoms with Crippen LogP contribution in [-0.2, 0) is 9.53 Å². The van der Waals surface area contributed by atoms with Gasteiger partial charge in [0.25, 0.3) is 0 Å². The quantitative estimate of drug-likeness (QED) is 0.427. The van der Waals surface area contributed by atoms with E-state index in [9.17, 15) is 4.79 Å². The number of carbonyl (C=O) groups excluding carboxylic acids is 1. The first kappa shape index (κ1) is 11.2. The van der Waals surface area contributed by atoms with Gasteiger partial charge in [-0.2, -0.15) is 0 Å². The molecular formula is C13H14O2. The molecule has 15 heavy (non-hydrogen) atoms. The SMILES string of the molecule is CC=C(C)C(=O)OC=Cc1ccccc1. The molecule has 0 aliphatic heterocycles. The second-order valence-electron chi connectivity index (χ2n) is 3.09. The molecule has 1 aromatic rings. The van der Waals surface area contributed by atoms with Crippen LogP contribution in [0.3, 0.4) is 0 Å². The van der Waals surface area contributed by atoms with Gasteiger partial charge in [-0.05, 0) is 25.5 Å². The van der Waals surface area contributed by atoms with Crippen molar-refractivity contribution in [3.63, 3.8) is 0 Å². The summed E-state index contributed by atoms with van der Waals surface area (Å²) >= 11 is 0. The fraction of sp³-hybridized carbons (Fsp3) is 0.154. The van der Waals surface area contributed by atoms with Crippen LogP contribution >= 0.6 is 0 Å². The van der Waals surface area contributed by atoms with E-state index in [0.29, 0.717) is 5.57 Å². The van der Waals surface area contributed by atoms with Crippen molar-refractivity contribution in [2.24, 2.45) is 0 Å². The lowest BCUT2D eigenvalue weighted by atomic mass is 10.2. The number of rotatable bonds is 3. The highest BCUT2D eigenvalue weighted by Crippen LogP contribution is 2.02. The summed E-state index contributed by atoms with van der Waals surface area (Å²) in [6, 6.07) is 9.67. The average Bonchev–Trinajstić information content (AvgIpc) is 2.29. The van der Waals surface area contributed by atoms with Crippen LogP contribution in [0.1, 0.15) is 19.4 Å². The Morgan fingerprint density at radius 1 is 1.27 bits per heavy atom. The molecule has 0 amide bonds. The van der Waals surface area contributed by atoms with Crippen molar-refractivity contribution in [1.29, 1.82) is 0 Å². The minimum Gasteiger partial charge on any atom is -0.431 e. The molecule has 0 bridgehead atoms. The first-order valence-corrected chi connectivity index (χ1v) is 4.79. The van der Waals surface area contributed by atoms with E-state index in [0.717, 1.165) is 5.56 Å². The van der Waals surface area contributed by atoms with Crippen LogP contribution < -0.4 is 0 Å². The minimum atomic E-state index is -0.315. The molecule has 0 spiro atoms. The zero-order chi connectivity index (χ0) is 11.1. The van der Waals surface area contributed by atoms with Crippen LogP contribution in [0.4, 0.5) is 0 Å². The summed E-state index contributed by atoms with van der Waals surface area (Å²) in [6.07, 6.45) is 4.88. The largest absolute Gasteiger partial charge is 0.431 e. The summed E-state index contributed by atoms with van der Waals surface area (Å²) < 4.78 is 4.91. The van der Waals surface area contributed by atoms with Crippen molar-refractivity contribution in [3.05, 3.63) is 53.8 Å². The van der Waals surface area contributed by atoms with Crippen molar-refractivity contribution in [2.75, 3.05) is 0 Å². The van der Waals surface area contributed by atoms with Crippen molar-refractivity contribution in [2.45, 2.75) is 13.8 Å². The maximum atomic E-state index is 11.2. The Labute approximate surface area is 89.9 Å². The summed E-state index contributed by atoms with van der Waals surface area (Å²) in [7, 11) is 0. The smallest absolute Gasteiger partial charge is 0.338 e. The summed E-state index contributed by atoms with van der Waals surface area (Å²) in [5, 5.41) is 0. The zero-order valence-corrected chi connectivity index (χ0v) is 8.94. The Morgan fingerprint density at radius 3 is 2.53 bits per heavy atom. The lowest BCUT2D eigenvalue weighted by molar-refractivity contribution is -0.133. The third-order valence-electron chi connectivity index (χ3n) is 1.99. The average molecular weight is 202 g/mol. The van der Waals surface area contributed by atoms with E-state index in [4.69, 9.17) is 4.74 Å². The highest BCUT2D eigenvalue weighted by molar-refractivity contribution is 5.88. The van der Waals surface area contributed by atoms with Crippen LogP contribution in [-0.4, -0.2) is 5.97 Å². The Balaban J connectivity index is 2.51. The van der Waals surface area contributed by atoms with Gasteiger partial charge in [0.15, 0.2) is 0 Å². The molecule has 1 aromatic carbocycles. The van der Waals surface area contributed by atoms with Crippen LogP contribution in [0.5, 0.6) is 0 Å². The van der Waals surface area contributed by atoms with Gasteiger partial charge in [-0.1, -0.05) is 36.4 Å². The van der Waals surface area contributed by atoms with E-state index in [2.05, 4.69) is 0 Å². The van der Waals surface area contributed by atoms with E-state index in [1.165, 1.54) is 6.26 Å². The maximum absolute atomic E-state index is 11.2. The molecule has 0 radical (unpaired) electrons. The molecule has 78 valence electrons. The Kier molecular flexibility index (Phi) is 4.35. The first-order chi connectivity index (χ1) is 7.24. The number of hydrogen-bond donors (Lipinski definition) is 0. The summed E-state index contributed by atoms with van der Waals surface area (Å²) in [5.41, 5.74) is 1.61. The van der Waals surface area contributed by atoms with Crippen LogP contribution in [0.15, 0.2) is 48.2 Å². The Bertz CT molecular complexity index is 375. The van der Waals surface area contributed by atoms with Gasteiger partial charge >= 0.3 is 5.97 Å². The van der Waals surface area contributed by atoms with Crippen molar-refractivity contribution < 1.29 is 9.53 Å². The zero-order valence-electron chi connectivity index (χ0n) is 8.94. The topological polar surface area (TPSA) is 26.3 Å². The third-order valence-corrected chi connectivity index (χ3v) is 1.99. The lowest BCUT2D eigenvalue weighted by Crippen LogP contribution is -1.99. The van der Waals surface area contributed by atoms with Crippen LogP contribution in [0.2, 0.25) is 0 Å². The normalized spacial score (nSPS) is 11.7. The maximum Gasteiger partial charge on any atom is 0.338 e. The lowest BCUT2D eigenvalue weighted by Gasteiger charge is -1.97. The van der Waals surface area contributed by atoms with Gasteiger partial charge in [0, 0.05) is 5.57 Å². The molecule has 0 aromatic heterocycles. The van der Waals surface area contributed by atoms with Crippen LogP contribution in [0, 0.1) is 0 Å². The van der Waals surface area contributed by atoms with Gasteiger partial charge in [-0.15, -0.1) is 0 Å². The van der Waals surface area contributed by atoms with Crippen LogP contribution in [0.25, 0.3) is 6.08 Å². The first-order valence-electron chi connectivity index (χ1n) is 4.79. The highest BCUT2D eigenvalue weighted by Gasteiger charge is 2.00. The standard InChI is InChI=1S/C13H14O2/c1-3-11(2)13(14)15-10-9-12-7-5-4-6-8-12/h3-10H,1-2H3. The molecule has 0 unspecified atom stereocenters. The predicted molar refractivity (Wildman–Crippen MR) is 61.0 cm³/mol. The van der Waals surface area contributed by atoms with E-state index in [1.54, 1.807) is 26.0 Å². The number of allylic oxidation sites excluding steroid dienone is 1. The van der Waals surface area contributed by atoms with Gasteiger partial charge in [0.05, 0.1) is 6.26 Å². The fourth-order valence-electron chi connectivity index (χ4n) is 0.949. The Morgan fingerprint density at radius 2 is 1.93 bits per heavy atom. The minimum absolute atomic E-state index is 0.315. The predicted octanol–water partition coefficient (Wildman–Crippen LogP) is 3.17. The molecule has 0 atom stereocenters. The number of ether oxygens (including phenoxy) is 1. The second-order valence-corrected chi connectivity index (χ2v) is 3.09. The fourth-order valence-corrected chi connectivity index (χ4v) is 0.949. The third kappa shape index (κ3) is 3.81. The molecule has 1 rings (SSSR count). The van der Waals surface area contributed by atoms with E-state index in [1.807, 2.05) is 30.3 Å². The molecular weight excluding hydrogens is 188 g/mol. The molecule has 0 fully saturated rings. The van der Waals surface area contributed by atoms with Gasteiger partial charge in [0.1, 0.15) is 0 Å². The number of carbonyl (C=O) groups is 1. The molecule has 2 heteroatoms. The molecule has 0 heterocycles. The van der Waals surface area contributed by atoms with Gasteiger partial charge < -0.3 is 4.74 Å². The van der Waals surface area contributed by atoms with Crippen molar-refractivity contribution in [1.82, 2.24) is 0 Å². The van der Waals surface area contributed by atoms with Gasteiger partial charge in [0.2, 0.25) is 0 Å². The highest BCUT2D eigenvalue weighted by atomic mass is 16.5. The molecule has 0 saturated carbocycles. The summed E-state index contributed by atoms with van der Waals surface area (Å²) in [5.74, 6) is -0.315. The van der Waals surface area contributed by atoms with Gasteiger partial charge in [-0.3, -0.25) is 0 Å². The molecule has 0 aliphatic rings. The number of benzene rings is 1. The van der Waals surface area contributed by atoms with E-state index < -0.39 is 0 Å². The summed E-state index contributed by atoms with van der Waals surface area (Å²) in [6.45, 7) is 3.52. The molecule has 2 nitrogen and oxygen atoms in total. The summed E-state index contributed by atoms with van der Waals surface area (Å²) in [4.78, 5) is 11.2. The van der Waals surface area contributed by atoms with E-state index >= 15 is 0 Å². The number of esters is 1. The Hall–Kier alpha value is -1.83. The molecule has 0 N–H and O–H groups in total. The molecule has 0 aliphatic carbocycles. The second kappa shape index (κ2) is 5.81. The van der Waals surface area contributed by atoms with E-state index in [-0.39, 0.29) is 5.97 Å². The van der Waals surface area contributed by atoms with Crippen molar-refractivity contribution in [3.8, 4) is 0 Å². The van der Waals surface area contributed by atoms with Gasteiger partial charge in [-0.25, -0.2) is 4.79 Å².